The van der Waals surface area contributed by atoms with Crippen molar-refractivity contribution in [2.45, 2.75) is 19.3 Å². The Morgan fingerprint density at radius 1 is 1.37 bits per heavy atom. The molecule has 6 heteroatoms. The van der Waals surface area contributed by atoms with Crippen molar-refractivity contribution in [3.8, 4) is 5.75 Å². The zero-order valence-corrected chi connectivity index (χ0v) is 10.5. The lowest BCUT2D eigenvalue weighted by atomic mass is 10.0. The number of hydrogen-bond acceptors (Lipinski definition) is 5. The third-order valence-corrected chi connectivity index (χ3v) is 2.90. The average Bonchev–Trinajstić information content (AvgIpc) is 2.39. The van der Waals surface area contributed by atoms with Crippen LogP contribution in [0.15, 0.2) is 30.0 Å². The molecule has 100 valence electrons. The number of ether oxygens (including phenoxy) is 1. The lowest BCUT2D eigenvalue weighted by Crippen LogP contribution is -2.09. The molecule has 19 heavy (non-hydrogen) atoms. The van der Waals surface area contributed by atoms with Gasteiger partial charge in [0.25, 0.3) is 5.69 Å². The Hall–Kier alpha value is -2.37. The number of rotatable bonds is 4. The van der Waals surface area contributed by atoms with Gasteiger partial charge in [0.15, 0.2) is 5.78 Å². The van der Waals surface area contributed by atoms with Gasteiger partial charge in [-0.3, -0.25) is 14.9 Å². The summed E-state index contributed by atoms with van der Waals surface area (Å²) in [7, 11) is 1.45. The van der Waals surface area contributed by atoms with E-state index in [0.717, 1.165) is 18.5 Å². The minimum atomic E-state index is -0.476. The summed E-state index contributed by atoms with van der Waals surface area (Å²) in [5, 5.41) is 13.8. The number of allylic oxidation sites excluding steroid dienone is 2. The predicted molar refractivity (Wildman–Crippen MR) is 70.2 cm³/mol. The molecule has 0 saturated heterocycles. The standard InChI is InChI=1S/C13H14N2O4/c1-19-13-8-10(15(17)18)5-6-12(13)14-9-3-2-4-11(16)7-9/h5-8,14H,2-4H2,1H3. The van der Waals surface area contributed by atoms with Crippen molar-refractivity contribution < 1.29 is 14.5 Å². The number of nitrogens with zero attached hydrogens (tertiary/aromatic N) is 1. The van der Waals surface area contributed by atoms with Crippen molar-refractivity contribution >= 4 is 17.2 Å². The van der Waals surface area contributed by atoms with Crippen LogP contribution >= 0.6 is 0 Å². The normalized spacial score (nSPS) is 14.8. The quantitative estimate of drug-likeness (QED) is 0.666. The molecule has 1 aliphatic rings. The van der Waals surface area contributed by atoms with E-state index in [0.29, 0.717) is 17.9 Å². The van der Waals surface area contributed by atoms with Crippen LogP contribution in [0.25, 0.3) is 0 Å². The highest BCUT2D eigenvalue weighted by molar-refractivity contribution is 5.91. The molecule has 0 radical (unpaired) electrons. The molecule has 0 unspecified atom stereocenters. The highest BCUT2D eigenvalue weighted by atomic mass is 16.6. The number of non-ortho nitro benzene ring substituents is 1. The Balaban J connectivity index is 2.25. The number of ketones is 1. The monoisotopic (exact) mass is 262 g/mol. The SMILES string of the molecule is COc1cc([N+](=O)[O-])ccc1NC1=CC(=O)CCC1. The number of anilines is 1. The summed E-state index contributed by atoms with van der Waals surface area (Å²) in [6.45, 7) is 0. The minimum Gasteiger partial charge on any atom is -0.494 e. The molecule has 0 atom stereocenters. The van der Waals surface area contributed by atoms with Gasteiger partial charge in [-0.2, -0.15) is 0 Å². The van der Waals surface area contributed by atoms with Gasteiger partial charge < -0.3 is 10.1 Å². The third kappa shape index (κ3) is 3.09. The molecule has 1 N–H and O–H groups in total. The van der Waals surface area contributed by atoms with Crippen LogP contribution in [0.3, 0.4) is 0 Å². The number of nitro groups is 1. The number of carbonyl (C=O) groups excluding carboxylic acids is 1. The summed E-state index contributed by atoms with van der Waals surface area (Å²) in [5.74, 6) is 0.475. The van der Waals surface area contributed by atoms with Crippen molar-refractivity contribution in [3.63, 3.8) is 0 Å². The number of nitrogens with one attached hydrogen (secondary N) is 1. The first-order valence-corrected chi connectivity index (χ1v) is 5.93. The lowest BCUT2D eigenvalue weighted by Gasteiger charge is -2.16. The number of methoxy groups -OCH3 is 1. The summed E-state index contributed by atoms with van der Waals surface area (Å²) in [6.07, 6.45) is 3.74. The molecule has 0 bridgehead atoms. The van der Waals surface area contributed by atoms with Crippen molar-refractivity contribution in [3.05, 3.63) is 40.1 Å². The van der Waals surface area contributed by atoms with E-state index in [9.17, 15) is 14.9 Å². The highest BCUT2D eigenvalue weighted by Crippen LogP contribution is 2.31. The van der Waals surface area contributed by atoms with Gasteiger partial charge in [0, 0.05) is 24.3 Å². The van der Waals surface area contributed by atoms with E-state index in [1.807, 2.05) is 0 Å². The van der Waals surface area contributed by atoms with Crippen LogP contribution in [-0.2, 0) is 4.79 Å². The second-order valence-electron chi connectivity index (χ2n) is 4.26. The van der Waals surface area contributed by atoms with Gasteiger partial charge in [0.2, 0.25) is 0 Å². The first kappa shape index (κ1) is 13.1. The summed E-state index contributed by atoms with van der Waals surface area (Å²) in [6, 6.07) is 4.33. The molecular formula is C13H14N2O4. The third-order valence-electron chi connectivity index (χ3n) is 2.90. The molecule has 0 aromatic heterocycles. The Morgan fingerprint density at radius 2 is 2.16 bits per heavy atom. The topological polar surface area (TPSA) is 81.5 Å². The molecule has 6 nitrogen and oxygen atoms in total. The van der Waals surface area contributed by atoms with Crippen LogP contribution in [-0.4, -0.2) is 17.8 Å². The van der Waals surface area contributed by atoms with E-state index < -0.39 is 4.92 Å². The molecular weight excluding hydrogens is 248 g/mol. The fourth-order valence-corrected chi connectivity index (χ4v) is 1.96. The highest BCUT2D eigenvalue weighted by Gasteiger charge is 2.14. The smallest absolute Gasteiger partial charge is 0.273 e. The van der Waals surface area contributed by atoms with E-state index in [-0.39, 0.29) is 11.5 Å². The van der Waals surface area contributed by atoms with Crippen LogP contribution < -0.4 is 10.1 Å². The fourth-order valence-electron chi connectivity index (χ4n) is 1.96. The molecule has 2 rings (SSSR count). The molecule has 1 aromatic carbocycles. The maximum atomic E-state index is 11.3. The van der Waals surface area contributed by atoms with Crippen LogP contribution in [0, 0.1) is 10.1 Å². The molecule has 0 aliphatic heterocycles. The predicted octanol–water partition coefficient (Wildman–Crippen LogP) is 2.65. The summed E-state index contributed by atoms with van der Waals surface area (Å²) in [5.41, 5.74) is 1.40. The first-order valence-electron chi connectivity index (χ1n) is 5.93. The number of nitro benzene ring substituents is 1. The summed E-state index contributed by atoms with van der Waals surface area (Å²) >= 11 is 0. The van der Waals surface area contributed by atoms with E-state index in [2.05, 4.69) is 5.32 Å². The van der Waals surface area contributed by atoms with Gasteiger partial charge in [-0.1, -0.05) is 0 Å². The van der Waals surface area contributed by atoms with Crippen molar-refractivity contribution in [2.75, 3.05) is 12.4 Å². The van der Waals surface area contributed by atoms with E-state index in [4.69, 9.17) is 4.74 Å². The Morgan fingerprint density at radius 3 is 2.79 bits per heavy atom. The zero-order valence-electron chi connectivity index (χ0n) is 10.5. The molecule has 0 heterocycles. The second-order valence-corrected chi connectivity index (χ2v) is 4.26. The van der Waals surface area contributed by atoms with Gasteiger partial charge in [0.05, 0.1) is 23.8 Å². The molecule has 0 saturated carbocycles. The first-order chi connectivity index (χ1) is 9.10. The lowest BCUT2D eigenvalue weighted by molar-refractivity contribution is -0.384. The Labute approximate surface area is 110 Å². The van der Waals surface area contributed by atoms with Crippen LogP contribution in [0.5, 0.6) is 5.75 Å². The van der Waals surface area contributed by atoms with Crippen LogP contribution in [0.1, 0.15) is 19.3 Å². The van der Waals surface area contributed by atoms with Gasteiger partial charge in [-0.25, -0.2) is 0 Å². The average molecular weight is 262 g/mol. The van der Waals surface area contributed by atoms with Gasteiger partial charge in [0.1, 0.15) is 5.75 Å². The molecule has 0 fully saturated rings. The Bertz CT molecular complexity index is 552. The van der Waals surface area contributed by atoms with Crippen molar-refractivity contribution in [1.29, 1.82) is 0 Å². The molecule has 1 aromatic rings. The van der Waals surface area contributed by atoms with E-state index in [1.54, 1.807) is 12.1 Å². The number of hydrogen-bond donors (Lipinski definition) is 1. The van der Waals surface area contributed by atoms with E-state index in [1.165, 1.54) is 19.2 Å². The van der Waals surface area contributed by atoms with Crippen LogP contribution in [0.4, 0.5) is 11.4 Å². The summed E-state index contributed by atoms with van der Waals surface area (Å²) in [4.78, 5) is 21.5. The van der Waals surface area contributed by atoms with Crippen molar-refractivity contribution in [1.82, 2.24) is 0 Å². The largest absolute Gasteiger partial charge is 0.494 e. The molecule has 0 spiro atoms. The Kier molecular flexibility index (Phi) is 3.79. The van der Waals surface area contributed by atoms with Gasteiger partial charge in [-0.05, 0) is 18.9 Å². The second kappa shape index (κ2) is 5.51. The number of carbonyl (C=O) groups is 1. The fraction of sp³-hybridized carbons (Fsp3) is 0.308. The van der Waals surface area contributed by atoms with Crippen LogP contribution in [0.2, 0.25) is 0 Å². The minimum absolute atomic E-state index is 0.0314. The van der Waals surface area contributed by atoms with E-state index >= 15 is 0 Å². The summed E-state index contributed by atoms with van der Waals surface area (Å²) < 4.78 is 5.13. The zero-order chi connectivity index (χ0) is 13.8. The van der Waals surface area contributed by atoms with Crippen molar-refractivity contribution in [2.24, 2.45) is 0 Å². The maximum absolute atomic E-state index is 11.3. The molecule has 1 aliphatic carbocycles. The van der Waals surface area contributed by atoms with Gasteiger partial charge >= 0.3 is 0 Å². The number of benzene rings is 1. The molecule has 0 amide bonds. The van der Waals surface area contributed by atoms with Gasteiger partial charge in [-0.15, -0.1) is 0 Å². The maximum Gasteiger partial charge on any atom is 0.273 e.